The Hall–Kier alpha value is -1.10. The van der Waals surface area contributed by atoms with Crippen LogP contribution in [-0.2, 0) is 0 Å². The van der Waals surface area contributed by atoms with Crippen molar-refractivity contribution < 1.29 is 4.74 Å². The quantitative estimate of drug-likeness (QED) is 0.389. The number of aliphatic imine (C=N–C) groups is 1. The topological polar surface area (TPSA) is 37.7 Å². The van der Waals surface area contributed by atoms with E-state index < -0.39 is 0 Å². The number of hydrogen-bond acceptors (Lipinski definition) is 3. The maximum Gasteiger partial charge on any atom is 0.228 e. The van der Waals surface area contributed by atoms with E-state index in [1.807, 2.05) is 31.3 Å². The summed E-state index contributed by atoms with van der Waals surface area (Å²) in [6.45, 7) is 10.1. The molecular formula is C16H26BrN3O. The molecule has 0 aliphatic carbocycles. The molecule has 0 unspecified atom stereocenters. The van der Waals surface area contributed by atoms with Crippen molar-refractivity contribution in [1.29, 1.82) is 0 Å². The molecule has 0 atom stereocenters. The minimum atomic E-state index is 0.652. The minimum Gasteiger partial charge on any atom is -0.477 e. The molecule has 1 aromatic heterocycles. The predicted molar refractivity (Wildman–Crippen MR) is 92.7 cm³/mol. The largest absolute Gasteiger partial charge is 0.477 e. The zero-order valence-electron chi connectivity index (χ0n) is 13.7. The number of aromatic nitrogens is 1. The molecule has 1 aromatic rings. The fourth-order valence-corrected chi connectivity index (χ4v) is 2.10. The van der Waals surface area contributed by atoms with Gasteiger partial charge in [-0.1, -0.05) is 13.8 Å². The minimum absolute atomic E-state index is 0.652. The van der Waals surface area contributed by atoms with Gasteiger partial charge in [-0.15, -0.1) is 0 Å². The Labute approximate surface area is 136 Å². The number of halogens is 1. The van der Waals surface area contributed by atoms with Crippen molar-refractivity contribution >= 4 is 28.0 Å². The van der Waals surface area contributed by atoms with Crippen molar-refractivity contribution in [3.63, 3.8) is 0 Å². The second-order valence-electron chi connectivity index (χ2n) is 5.58. The molecule has 1 rings (SSSR count). The van der Waals surface area contributed by atoms with Gasteiger partial charge in [0.05, 0.1) is 28.8 Å². The Morgan fingerprint density at radius 2 is 2.19 bits per heavy atom. The summed E-state index contributed by atoms with van der Waals surface area (Å²) in [5.74, 6) is 1.36. The third-order valence-corrected chi connectivity index (χ3v) is 3.73. The van der Waals surface area contributed by atoms with Crippen LogP contribution < -0.4 is 4.74 Å². The van der Waals surface area contributed by atoms with Gasteiger partial charge < -0.3 is 9.64 Å². The smallest absolute Gasteiger partial charge is 0.228 e. The molecule has 0 fully saturated rings. The van der Waals surface area contributed by atoms with Crippen LogP contribution in [0.3, 0.4) is 0 Å². The van der Waals surface area contributed by atoms with Crippen LogP contribution in [0, 0.1) is 12.8 Å². The van der Waals surface area contributed by atoms with Crippen LogP contribution in [0.2, 0.25) is 0 Å². The lowest BCUT2D eigenvalue weighted by Crippen LogP contribution is -2.14. The normalized spacial score (nSPS) is 11.4. The van der Waals surface area contributed by atoms with Crippen LogP contribution in [0.4, 0.5) is 5.69 Å². The first-order valence-electron chi connectivity index (χ1n) is 7.48. The second kappa shape index (κ2) is 9.03. The molecule has 118 valence electrons. The Balaban J connectivity index is 2.68. The van der Waals surface area contributed by atoms with Gasteiger partial charge in [-0.05, 0) is 54.6 Å². The number of nitrogens with zero attached hydrogens (tertiary/aromatic N) is 3. The van der Waals surface area contributed by atoms with Crippen LogP contribution in [-0.4, -0.2) is 36.4 Å². The summed E-state index contributed by atoms with van der Waals surface area (Å²) in [5, 5.41) is 0. The van der Waals surface area contributed by atoms with E-state index in [-0.39, 0.29) is 0 Å². The van der Waals surface area contributed by atoms with Gasteiger partial charge in [-0.25, -0.2) is 9.98 Å². The van der Waals surface area contributed by atoms with E-state index in [0.29, 0.717) is 18.4 Å². The van der Waals surface area contributed by atoms with Crippen LogP contribution in [0.1, 0.15) is 39.3 Å². The Morgan fingerprint density at radius 1 is 1.48 bits per heavy atom. The van der Waals surface area contributed by atoms with Crippen LogP contribution in [0.5, 0.6) is 5.88 Å². The summed E-state index contributed by atoms with van der Waals surface area (Å²) in [5.41, 5.74) is 1.73. The molecule has 0 N–H and O–H groups in total. The van der Waals surface area contributed by atoms with Gasteiger partial charge in [0.1, 0.15) is 0 Å². The van der Waals surface area contributed by atoms with Crippen molar-refractivity contribution in [2.45, 2.75) is 40.5 Å². The summed E-state index contributed by atoms with van der Waals surface area (Å²) in [7, 11) is 1.99. The summed E-state index contributed by atoms with van der Waals surface area (Å²) in [6, 6.07) is 1.96. The maximum atomic E-state index is 5.75. The Kier molecular flexibility index (Phi) is 7.72. The lowest BCUT2D eigenvalue weighted by Gasteiger charge is -2.11. The highest BCUT2D eigenvalue weighted by molar-refractivity contribution is 9.10. The number of pyridine rings is 1. The number of ether oxygens (including phenoxy) is 1. The molecule has 21 heavy (non-hydrogen) atoms. The number of hydrogen-bond donors (Lipinski definition) is 0. The van der Waals surface area contributed by atoms with E-state index in [1.165, 1.54) is 6.42 Å². The number of rotatable bonds is 8. The fourth-order valence-electron chi connectivity index (χ4n) is 1.68. The molecule has 0 spiro atoms. The Morgan fingerprint density at radius 3 is 2.81 bits per heavy atom. The molecule has 0 aliphatic heterocycles. The van der Waals surface area contributed by atoms with Crippen LogP contribution >= 0.6 is 15.9 Å². The van der Waals surface area contributed by atoms with Gasteiger partial charge in [0, 0.05) is 13.6 Å². The second-order valence-corrected chi connectivity index (χ2v) is 6.44. The van der Waals surface area contributed by atoms with Crippen molar-refractivity contribution in [3.05, 3.63) is 16.2 Å². The molecule has 4 nitrogen and oxygen atoms in total. The van der Waals surface area contributed by atoms with Crippen LogP contribution in [0.15, 0.2) is 15.5 Å². The van der Waals surface area contributed by atoms with Gasteiger partial charge >= 0.3 is 0 Å². The first kappa shape index (κ1) is 18.0. The summed E-state index contributed by atoms with van der Waals surface area (Å²) < 4.78 is 6.60. The monoisotopic (exact) mass is 355 g/mol. The standard InChI is InChI=1S/C16H26BrN3O/c1-6-20(5)11-18-15-10-14(17)16(19-13(15)4)21-9-7-8-12(2)3/h10-12H,6-9H2,1-5H3/b18-11-. The molecule has 0 aromatic carbocycles. The van der Waals surface area contributed by atoms with Gasteiger partial charge in [0.2, 0.25) is 5.88 Å². The molecule has 0 aliphatic rings. The van der Waals surface area contributed by atoms with Gasteiger partial charge in [-0.3, -0.25) is 0 Å². The average Bonchev–Trinajstić information content (AvgIpc) is 2.44. The molecule has 0 bridgehead atoms. The van der Waals surface area contributed by atoms with Crippen molar-refractivity contribution in [2.75, 3.05) is 20.2 Å². The highest BCUT2D eigenvalue weighted by Crippen LogP contribution is 2.29. The van der Waals surface area contributed by atoms with E-state index in [4.69, 9.17) is 4.74 Å². The van der Waals surface area contributed by atoms with Crippen molar-refractivity contribution in [2.24, 2.45) is 10.9 Å². The van der Waals surface area contributed by atoms with E-state index in [0.717, 1.165) is 28.8 Å². The van der Waals surface area contributed by atoms with E-state index in [1.54, 1.807) is 0 Å². The highest BCUT2D eigenvalue weighted by Gasteiger charge is 2.08. The molecule has 0 saturated carbocycles. The lowest BCUT2D eigenvalue weighted by atomic mass is 10.1. The molecule has 0 saturated heterocycles. The van der Waals surface area contributed by atoms with Crippen molar-refractivity contribution in [1.82, 2.24) is 9.88 Å². The van der Waals surface area contributed by atoms with E-state index in [2.05, 4.69) is 46.7 Å². The maximum absolute atomic E-state index is 5.75. The SMILES string of the molecule is CCN(C)/C=N\c1cc(Br)c(OCCCC(C)C)nc1C. The van der Waals surface area contributed by atoms with E-state index >= 15 is 0 Å². The fraction of sp³-hybridized carbons (Fsp3) is 0.625. The molecular weight excluding hydrogens is 330 g/mol. The zero-order valence-corrected chi connectivity index (χ0v) is 15.3. The average molecular weight is 356 g/mol. The molecule has 0 amide bonds. The first-order valence-corrected chi connectivity index (χ1v) is 8.27. The summed E-state index contributed by atoms with van der Waals surface area (Å²) in [4.78, 5) is 11.0. The molecule has 1 heterocycles. The molecule has 0 radical (unpaired) electrons. The predicted octanol–water partition coefficient (Wildman–Crippen LogP) is 4.58. The third-order valence-electron chi connectivity index (χ3n) is 3.17. The summed E-state index contributed by atoms with van der Waals surface area (Å²) >= 11 is 3.51. The molecule has 5 heteroatoms. The van der Waals surface area contributed by atoms with Gasteiger partial charge in [-0.2, -0.15) is 0 Å². The summed E-state index contributed by atoms with van der Waals surface area (Å²) in [6.07, 6.45) is 4.04. The van der Waals surface area contributed by atoms with E-state index in [9.17, 15) is 0 Å². The third kappa shape index (κ3) is 6.46. The highest BCUT2D eigenvalue weighted by atomic mass is 79.9. The van der Waals surface area contributed by atoms with Crippen LogP contribution in [0.25, 0.3) is 0 Å². The zero-order chi connectivity index (χ0) is 15.8. The first-order chi connectivity index (χ1) is 9.93. The van der Waals surface area contributed by atoms with Gasteiger partial charge in [0.25, 0.3) is 0 Å². The van der Waals surface area contributed by atoms with Gasteiger partial charge in [0.15, 0.2) is 0 Å². The Bertz CT molecular complexity index is 475. The lowest BCUT2D eigenvalue weighted by molar-refractivity contribution is 0.285. The van der Waals surface area contributed by atoms with Crippen molar-refractivity contribution in [3.8, 4) is 5.88 Å². The number of aryl methyl sites for hydroxylation is 1.